The lowest BCUT2D eigenvalue weighted by molar-refractivity contribution is -0.161. The van der Waals surface area contributed by atoms with Crippen LogP contribution in [0.4, 0.5) is 0 Å². The van der Waals surface area contributed by atoms with Crippen LogP contribution in [-0.4, -0.2) is 36.4 Å². The molecule has 0 rings (SSSR count). The molecule has 0 aliphatic carbocycles. The Labute approximate surface area is 438 Å². The van der Waals surface area contributed by atoms with Crippen molar-refractivity contribution in [2.24, 2.45) is 0 Å². The Morgan fingerprint density at radius 1 is 0.338 bits per heavy atom. The maximum atomic E-state index is 12.3. The third-order valence-corrected chi connectivity index (χ3v) is 12.2. The van der Waals surface area contributed by atoms with E-state index in [4.69, 9.17) is 9.47 Å². The van der Waals surface area contributed by atoms with E-state index in [0.717, 1.165) is 116 Å². The molecule has 0 bridgehead atoms. The first-order valence-electron chi connectivity index (χ1n) is 29.2. The van der Waals surface area contributed by atoms with E-state index < -0.39 is 6.10 Å². The summed E-state index contributed by atoms with van der Waals surface area (Å²) in [6.07, 6.45) is 89.9. The Morgan fingerprint density at radius 2 is 0.606 bits per heavy atom. The van der Waals surface area contributed by atoms with Crippen molar-refractivity contribution in [1.82, 2.24) is 0 Å². The Hall–Kier alpha value is -3.96. The van der Waals surface area contributed by atoms with Crippen LogP contribution >= 0.6 is 0 Å². The maximum Gasteiger partial charge on any atom is 0.306 e. The predicted octanol–water partition coefficient (Wildman–Crippen LogP) is 20.0. The second-order valence-corrected chi connectivity index (χ2v) is 19.0. The van der Waals surface area contributed by atoms with Gasteiger partial charge in [-0.1, -0.05) is 276 Å². The molecule has 0 heterocycles. The topological polar surface area (TPSA) is 72.8 Å². The summed E-state index contributed by atoms with van der Waals surface area (Å²) in [6.45, 7) is 4.01. The second-order valence-electron chi connectivity index (χ2n) is 19.0. The molecule has 5 heteroatoms. The fourth-order valence-corrected chi connectivity index (χ4v) is 7.85. The number of hydrogen-bond donors (Lipinski definition) is 1. The zero-order valence-corrected chi connectivity index (χ0v) is 45.9. The number of rotatable bonds is 52. The van der Waals surface area contributed by atoms with Gasteiger partial charge in [-0.25, -0.2) is 0 Å². The third kappa shape index (κ3) is 58.5. The highest BCUT2D eigenvalue weighted by atomic mass is 16.6. The van der Waals surface area contributed by atoms with E-state index in [1.165, 1.54) is 109 Å². The normalized spacial score (nSPS) is 13.2. The van der Waals surface area contributed by atoms with Crippen molar-refractivity contribution >= 4 is 11.9 Å². The first kappa shape index (κ1) is 67.0. The number of carbonyl (C=O) groups is 2. The van der Waals surface area contributed by atoms with Gasteiger partial charge < -0.3 is 14.6 Å². The van der Waals surface area contributed by atoms with E-state index in [1.807, 2.05) is 0 Å². The van der Waals surface area contributed by atoms with Gasteiger partial charge in [0.1, 0.15) is 6.61 Å². The molecule has 0 saturated carbocycles. The van der Waals surface area contributed by atoms with Gasteiger partial charge >= 0.3 is 11.9 Å². The standard InChI is InChI=1S/C66H108O5/c1-3-5-7-9-11-13-15-17-19-21-23-25-26-27-28-29-30-31-32-33-34-35-36-37-38-39-40-41-43-45-47-49-51-53-55-57-59-61-66(69)71-64(62-67)63-70-65(68)60-58-56-54-52-50-48-46-44-42-24-22-20-18-16-14-12-10-8-6-4-2/h5,7,11,13,17,19,23,25,27-28,30-31,33-34,36-37,39-40,43,45,49,51,64,67H,3-4,6,8-10,12,14-16,18,20-22,24,26,29,32,35,38,41-42,44,46-48,50,52-63H2,1-2H3/b7-5-,13-11-,19-17-,25-23-,28-27-,31-30-,34-33-,37-36-,40-39-,45-43-,51-49-. The van der Waals surface area contributed by atoms with Crippen molar-refractivity contribution in [2.45, 2.75) is 258 Å². The molecule has 1 atom stereocenters. The zero-order valence-electron chi connectivity index (χ0n) is 45.9. The maximum absolute atomic E-state index is 12.3. The van der Waals surface area contributed by atoms with Crippen LogP contribution in [-0.2, 0) is 19.1 Å². The van der Waals surface area contributed by atoms with E-state index in [1.54, 1.807) is 0 Å². The number of aliphatic hydroxyl groups is 1. The first-order valence-corrected chi connectivity index (χ1v) is 29.2. The quantitative estimate of drug-likeness (QED) is 0.0373. The molecule has 5 nitrogen and oxygen atoms in total. The highest BCUT2D eigenvalue weighted by molar-refractivity contribution is 5.70. The highest BCUT2D eigenvalue weighted by Crippen LogP contribution is 2.16. The average molecular weight is 982 g/mol. The van der Waals surface area contributed by atoms with Crippen LogP contribution in [0.25, 0.3) is 0 Å². The van der Waals surface area contributed by atoms with Gasteiger partial charge in [0.05, 0.1) is 6.61 Å². The minimum Gasteiger partial charge on any atom is -0.462 e. The predicted molar refractivity (Wildman–Crippen MR) is 311 cm³/mol. The van der Waals surface area contributed by atoms with Gasteiger partial charge in [-0.3, -0.25) is 9.59 Å². The van der Waals surface area contributed by atoms with E-state index in [0.29, 0.717) is 12.8 Å². The highest BCUT2D eigenvalue weighted by Gasteiger charge is 2.16. The lowest BCUT2D eigenvalue weighted by Gasteiger charge is -2.15. The molecule has 0 radical (unpaired) electrons. The van der Waals surface area contributed by atoms with Crippen molar-refractivity contribution in [3.05, 3.63) is 134 Å². The Bertz CT molecular complexity index is 1480. The Balaban J connectivity index is 3.65. The molecule has 402 valence electrons. The first-order chi connectivity index (χ1) is 35.1. The van der Waals surface area contributed by atoms with E-state index in [2.05, 4.69) is 148 Å². The van der Waals surface area contributed by atoms with Crippen LogP contribution in [0.1, 0.15) is 251 Å². The summed E-state index contributed by atoms with van der Waals surface area (Å²) in [5.74, 6) is -0.630. The van der Waals surface area contributed by atoms with Crippen LogP contribution in [0.3, 0.4) is 0 Å². The van der Waals surface area contributed by atoms with Crippen molar-refractivity contribution in [3.8, 4) is 0 Å². The number of aliphatic hydroxyl groups excluding tert-OH is 1. The number of carbonyl (C=O) groups excluding carboxylic acids is 2. The van der Waals surface area contributed by atoms with Crippen LogP contribution in [0.15, 0.2) is 134 Å². The van der Waals surface area contributed by atoms with Crippen LogP contribution in [0.2, 0.25) is 0 Å². The minimum atomic E-state index is -0.798. The van der Waals surface area contributed by atoms with Gasteiger partial charge in [0.15, 0.2) is 6.10 Å². The SMILES string of the molecule is CC/C=C\C/C=C\C/C=C\C/C=C\C/C=C\C/C=C\C/C=C\C/C=C\C/C=C\C/C=C\C/C=C\CCCCCC(=O)OC(CO)COC(=O)CCCCCCCCCCCCCCCCCCCCCC. The molecule has 0 aromatic rings. The van der Waals surface area contributed by atoms with E-state index in [9.17, 15) is 14.7 Å². The lowest BCUT2D eigenvalue weighted by Crippen LogP contribution is -2.28. The fraction of sp³-hybridized carbons (Fsp3) is 0.636. The fourth-order valence-electron chi connectivity index (χ4n) is 7.85. The monoisotopic (exact) mass is 981 g/mol. The van der Waals surface area contributed by atoms with Gasteiger partial charge in [-0.15, -0.1) is 0 Å². The van der Waals surface area contributed by atoms with Crippen molar-refractivity contribution in [1.29, 1.82) is 0 Å². The number of unbranched alkanes of at least 4 members (excludes halogenated alkanes) is 22. The van der Waals surface area contributed by atoms with Gasteiger partial charge in [0.2, 0.25) is 0 Å². The average Bonchev–Trinajstić information content (AvgIpc) is 3.37. The Morgan fingerprint density at radius 3 is 0.915 bits per heavy atom. The van der Waals surface area contributed by atoms with Crippen molar-refractivity contribution < 1.29 is 24.2 Å². The Kier molecular flexibility index (Phi) is 57.0. The molecule has 0 aromatic carbocycles. The summed E-state index contributed by atoms with van der Waals surface area (Å²) in [5, 5.41) is 9.65. The molecule has 0 aliphatic heterocycles. The van der Waals surface area contributed by atoms with Crippen LogP contribution in [0.5, 0.6) is 0 Å². The molecular weight excluding hydrogens is 873 g/mol. The third-order valence-electron chi connectivity index (χ3n) is 12.2. The van der Waals surface area contributed by atoms with Crippen molar-refractivity contribution in [2.75, 3.05) is 13.2 Å². The molecule has 1 N–H and O–H groups in total. The molecule has 0 saturated heterocycles. The molecular formula is C66H108O5. The molecule has 1 unspecified atom stereocenters. The number of esters is 2. The minimum absolute atomic E-state index is 0.0844. The molecule has 71 heavy (non-hydrogen) atoms. The van der Waals surface area contributed by atoms with Crippen molar-refractivity contribution in [3.63, 3.8) is 0 Å². The number of hydrogen-bond acceptors (Lipinski definition) is 5. The molecule has 0 aliphatic rings. The summed E-state index contributed by atoms with van der Waals surface area (Å²) < 4.78 is 10.7. The molecule has 0 amide bonds. The smallest absolute Gasteiger partial charge is 0.306 e. The van der Waals surface area contributed by atoms with Gasteiger partial charge in [0, 0.05) is 12.8 Å². The van der Waals surface area contributed by atoms with Gasteiger partial charge in [-0.2, -0.15) is 0 Å². The van der Waals surface area contributed by atoms with Crippen LogP contribution in [0, 0.1) is 0 Å². The summed E-state index contributed by atoms with van der Waals surface area (Å²) in [7, 11) is 0. The molecule has 0 spiro atoms. The molecule has 0 aromatic heterocycles. The number of ether oxygens (including phenoxy) is 2. The summed E-state index contributed by atoms with van der Waals surface area (Å²) in [5.41, 5.74) is 0. The number of allylic oxidation sites excluding steroid dienone is 22. The zero-order chi connectivity index (χ0) is 51.3. The van der Waals surface area contributed by atoms with E-state index >= 15 is 0 Å². The summed E-state index contributed by atoms with van der Waals surface area (Å²) in [6, 6.07) is 0. The second kappa shape index (κ2) is 60.3. The largest absolute Gasteiger partial charge is 0.462 e. The summed E-state index contributed by atoms with van der Waals surface area (Å²) >= 11 is 0. The van der Waals surface area contributed by atoms with Gasteiger partial charge in [-0.05, 0) is 96.3 Å². The van der Waals surface area contributed by atoms with E-state index in [-0.39, 0.29) is 25.2 Å². The molecule has 0 fully saturated rings. The summed E-state index contributed by atoms with van der Waals surface area (Å²) in [4.78, 5) is 24.5. The van der Waals surface area contributed by atoms with Crippen LogP contribution < -0.4 is 0 Å². The van der Waals surface area contributed by atoms with Gasteiger partial charge in [0.25, 0.3) is 0 Å². The lowest BCUT2D eigenvalue weighted by atomic mass is 10.0.